The minimum Gasteiger partial charge on any atom is -0.491 e. The number of rotatable bonds is 9. The van der Waals surface area contributed by atoms with E-state index in [0.717, 1.165) is 0 Å². The minimum atomic E-state index is -1.28. The molecule has 2 aromatic rings. The van der Waals surface area contributed by atoms with E-state index in [0.29, 0.717) is 11.3 Å². The van der Waals surface area contributed by atoms with Crippen LogP contribution in [0.5, 0.6) is 5.75 Å². The highest BCUT2D eigenvalue weighted by molar-refractivity contribution is 5.93. The Hall–Kier alpha value is -3.46. The standard InChI is InChI=1S/C20H23N3O6/c1-14-9-10-15(11-17(14)23(26)27)22-18(24)12-21-20(2,19(25)28-3)13-29-16-7-5-4-6-8-16/h4-11,21H,12-13H2,1-3H3,(H,22,24). The highest BCUT2D eigenvalue weighted by Gasteiger charge is 2.35. The zero-order chi connectivity index (χ0) is 21.4. The maximum Gasteiger partial charge on any atom is 0.329 e. The molecule has 2 N–H and O–H groups in total. The SMILES string of the molecule is COC(=O)C(C)(COc1ccccc1)NCC(=O)Nc1ccc(C)c([N+](=O)[O-])c1. The van der Waals surface area contributed by atoms with Gasteiger partial charge in [0.15, 0.2) is 0 Å². The van der Waals surface area contributed by atoms with Gasteiger partial charge >= 0.3 is 5.97 Å². The van der Waals surface area contributed by atoms with E-state index < -0.39 is 22.3 Å². The average molecular weight is 401 g/mol. The highest BCUT2D eigenvalue weighted by Crippen LogP contribution is 2.22. The lowest BCUT2D eigenvalue weighted by Gasteiger charge is -2.27. The third kappa shape index (κ3) is 6.01. The van der Waals surface area contributed by atoms with Crippen LogP contribution in [-0.4, -0.2) is 42.6 Å². The number of hydrogen-bond acceptors (Lipinski definition) is 7. The summed E-state index contributed by atoms with van der Waals surface area (Å²) < 4.78 is 10.5. The third-order valence-electron chi connectivity index (χ3n) is 4.24. The first-order valence-corrected chi connectivity index (χ1v) is 8.81. The van der Waals surface area contributed by atoms with Gasteiger partial charge in [-0.15, -0.1) is 0 Å². The van der Waals surface area contributed by atoms with Crippen molar-refractivity contribution in [3.05, 3.63) is 64.2 Å². The summed E-state index contributed by atoms with van der Waals surface area (Å²) in [7, 11) is 1.25. The van der Waals surface area contributed by atoms with Crippen molar-refractivity contribution < 1.29 is 24.0 Å². The molecular formula is C20H23N3O6. The summed E-state index contributed by atoms with van der Waals surface area (Å²) in [6, 6.07) is 13.3. The van der Waals surface area contributed by atoms with Crippen LogP contribution < -0.4 is 15.4 Å². The lowest BCUT2D eigenvalue weighted by atomic mass is 10.0. The smallest absolute Gasteiger partial charge is 0.329 e. The maximum atomic E-state index is 12.3. The van der Waals surface area contributed by atoms with Crippen LogP contribution in [0.2, 0.25) is 0 Å². The predicted molar refractivity (Wildman–Crippen MR) is 107 cm³/mol. The van der Waals surface area contributed by atoms with Gasteiger partial charge in [0.05, 0.1) is 18.6 Å². The molecule has 0 saturated heterocycles. The Labute approximate surface area is 168 Å². The van der Waals surface area contributed by atoms with Gasteiger partial charge in [-0.25, -0.2) is 4.79 Å². The number of nitrogens with zero attached hydrogens (tertiary/aromatic N) is 1. The Kier molecular flexibility index (Phi) is 7.27. The van der Waals surface area contributed by atoms with Gasteiger partial charge in [0.1, 0.15) is 17.9 Å². The molecule has 1 amide bonds. The van der Waals surface area contributed by atoms with E-state index >= 15 is 0 Å². The average Bonchev–Trinajstić information content (AvgIpc) is 2.72. The van der Waals surface area contributed by atoms with Crippen molar-refractivity contribution in [3.8, 4) is 5.75 Å². The largest absolute Gasteiger partial charge is 0.491 e. The topological polar surface area (TPSA) is 120 Å². The van der Waals surface area contributed by atoms with Crippen LogP contribution >= 0.6 is 0 Å². The number of hydrogen-bond donors (Lipinski definition) is 2. The molecule has 0 aromatic heterocycles. The molecule has 1 atom stereocenters. The molecule has 1 unspecified atom stereocenters. The van der Waals surface area contributed by atoms with E-state index in [9.17, 15) is 19.7 Å². The van der Waals surface area contributed by atoms with Gasteiger partial charge in [0.2, 0.25) is 5.91 Å². The first-order valence-electron chi connectivity index (χ1n) is 8.81. The molecule has 0 heterocycles. The van der Waals surface area contributed by atoms with Gasteiger partial charge in [0, 0.05) is 17.3 Å². The van der Waals surface area contributed by atoms with Crippen molar-refractivity contribution in [2.75, 3.05) is 25.6 Å². The molecule has 2 aromatic carbocycles. The van der Waals surface area contributed by atoms with Crippen molar-refractivity contribution >= 4 is 23.3 Å². The Morgan fingerprint density at radius 1 is 1.17 bits per heavy atom. The van der Waals surface area contributed by atoms with Crippen LogP contribution in [0.25, 0.3) is 0 Å². The predicted octanol–water partition coefficient (Wildman–Crippen LogP) is 2.44. The van der Waals surface area contributed by atoms with Crippen LogP contribution in [0.1, 0.15) is 12.5 Å². The van der Waals surface area contributed by atoms with Crippen molar-refractivity contribution in [1.82, 2.24) is 5.32 Å². The molecule has 154 valence electrons. The monoisotopic (exact) mass is 401 g/mol. The molecule has 9 heteroatoms. The molecule has 0 aliphatic rings. The van der Waals surface area contributed by atoms with Crippen molar-refractivity contribution in [2.24, 2.45) is 0 Å². The fourth-order valence-electron chi connectivity index (χ4n) is 2.52. The second kappa shape index (κ2) is 9.65. The number of carbonyl (C=O) groups is 2. The molecule has 0 radical (unpaired) electrons. The van der Waals surface area contributed by atoms with Crippen LogP contribution in [0.15, 0.2) is 48.5 Å². The normalized spacial score (nSPS) is 12.5. The fourth-order valence-corrected chi connectivity index (χ4v) is 2.52. The molecule has 0 fully saturated rings. The molecule has 0 spiro atoms. The molecule has 29 heavy (non-hydrogen) atoms. The fraction of sp³-hybridized carbons (Fsp3) is 0.300. The van der Waals surface area contributed by atoms with E-state index in [4.69, 9.17) is 9.47 Å². The van der Waals surface area contributed by atoms with Gasteiger partial charge < -0.3 is 14.8 Å². The minimum absolute atomic E-state index is 0.0625. The number of anilines is 1. The van der Waals surface area contributed by atoms with Crippen molar-refractivity contribution in [3.63, 3.8) is 0 Å². The van der Waals surface area contributed by atoms with E-state index in [1.165, 1.54) is 13.2 Å². The van der Waals surface area contributed by atoms with Crippen LogP contribution in [0, 0.1) is 17.0 Å². The molecule has 0 bridgehead atoms. The third-order valence-corrected chi connectivity index (χ3v) is 4.24. The summed E-state index contributed by atoms with van der Waals surface area (Å²) in [6.45, 7) is 2.88. The number of carbonyl (C=O) groups excluding carboxylic acids is 2. The van der Waals surface area contributed by atoms with Gasteiger partial charge in [-0.3, -0.25) is 20.2 Å². The van der Waals surface area contributed by atoms with Gasteiger partial charge in [0.25, 0.3) is 5.69 Å². The Balaban J connectivity index is 2.01. The van der Waals surface area contributed by atoms with E-state index in [-0.39, 0.29) is 24.5 Å². The quantitative estimate of drug-likeness (QED) is 0.376. The number of para-hydroxylation sites is 1. The lowest BCUT2D eigenvalue weighted by Crippen LogP contribution is -2.56. The Morgan fingerprint density at radius 2 is 1.86 bits per heavy atom. The van der Waals surface area contributed by atoms with Crippen LogP contribution in [0.4, 0.5) is 11.4 Å². The summed E-state index contributed by atoms with van der Waals surface area (Å²) in [6.07, 6.45) is 0. The molecule has 0 aliphatic heterocycles. The van der Waals surface area contributed by atoms with E-state index in [1.807, 2.05) is 6.07 Å². The van der Waals surface area contributed by atoms with Gasteiger partial charge in [-0.05, 0) is 32.0 Å². The zero-order valence-electron chi connectivity index (χ0n) is 16.4. The number of amides is 1. The number of aryl methyl sites for hydroxylation is 1. The summed E-state index contributed by atoms with van der Waals surface area (Å²) in [5.74, 6) is -0.494. The number of methoxy groups -OCH3 is 1. The number of ether oxygens (including phenoxy) is 2. The lowest BCUT2D eigenvalue weighted by molar-refractivity contribution is -0.385. The summed E-state index contributed by atoms with van der Waals surface area (Å²) in [5.41, 5.74) is -0.593. The summed E-state index contributed by atoms with van der Waals surface area (Å²) in [5, 5.41) is 16.4. The van der Waals surface area contributed by atoms with Crippen LogP contribution in [0.3, 0.4) is 0 Å². The number of esters is 1. The zero-order valence-corrected chi connectivity index (χ0v) is 16.4. The second-order valence-corrected chi connectivity index (χ2v) is 6.59. The van der Waals surface area contributed by atoms with Gasteiger partial charge in [-0.1, -0.05) is 24.3 Å². The molecule has 2 rings (SSSR count). The molecule has 0 aliphatic carbocycles. The molecule has 9 nitrogen and oxygen atoms in total. The highest BCUT2D eigenvalue weighted by atomic mass is 16.6. The second-order valence-electron chi connectivity index (χ2n) is 6.59. The van der Waals surface area contributed by atoms with Crippen molar-refractivity contribution in [2.45, 2.75) is 19.4 Å². The van der Waals surface area contributed by atoms with E-state index in [1.54, 1.807) is 50.2 Å². The van der Waals surface area contributed by atoms with Crippen LogP contribution in [-0.2, 0) is 14.3 Å². The first kappa shape index (κ1) is 21.8. The number of nitro groups is 1. The first-order chi connectivity index (χ1) is 13.7. The Bertz CT molecular complexity index is 887. The number of nitrogens with one attached hydrogen (secondary N) is 2. The van der Waals surface area contributed by atoms with E-state index in [2.05, 4.69) is 10.6 Å². The summed E-state index contributed by atoms with van der Waals surface area (Å²) in [4.78, 5) is 35.0. The maximum absolute atomic E-state index is 12.3. The number of nitro benzene ring substituents is 1. The Morgan fingerprint density at radius 3 is 2.48 bits per heavy atom. The number of benzene rings is 2. The molecular weight excluding hydrogens is 378 g/mol. The summed E-state index contributed by atoms with van der Waals surface area (Å²) >= 11 is 0. The van der Waals surface area contributed by atoms with Gasteiger partial charge in [-0.2, -0.15) is 0 Å². The molecule has 0 saturated carbocycles. The van der Waals surface area contributed by atoms with Crippen molar-refractivity contribution in [1.29, 1.82) is 0 Å².